The summed E-state index contributed by atoms with van der Waals surface area (Å²) in [5, 5.41) is 8.53. The van der Waals surface area contributed by atoms with E-state index >= 15 is 0 Å². The third kappa shape index (κ3) is 1.20. The zero-order chi connectivity index (χ0) is 9.30. The summed E-state index contributed by atoms with van der Waals surface area (Å²) in [4.78, 5) is 25.3. The average molecular weight is 168 g/mol. The van der Waals surface area contributed by atoms with Crippen LogP contribution in [0.3, 0.4) is 0 Å². The fraction of sp³-hybridized carbons (Fsp3) is 0.286. The summed E-state index contributed by atoms with van der Waals surface area (Å²) >= 11 is 0. The van der Waals surface area contributed by atoms with E-state index in [2.05, 4.69) is 4.98 Å². The number of hydrogen-bond acceptors (Lipinski definition) is 3. The molecule has 0 radical (unpaired) electrons. The highest BCUT2D eigenvalue weighted by Gasteiger charge is 2.10. The van der Waals surface area contributed by atoms with Crippen LogP contribution in [-0.2, 0) is 7.05 Å². The van der Waals surface area contributed by atoms with Gasteiger partial charge in [0.05, 0.1) is 0 Å². The molecule has 5 nitrogen and oxygen atoms in total. The Balaban J connectivity index is 3.47. The molecule has 0 spiro atoms. The maximum absolute atomic E-state index is 11.2. The van der Waals surface area contributed by atoms with Crippen molar-refractivity contribution in [2.75, 3.05) is 0 Å². The molecule has 1 heterocycles. The van der Waals surface area contributed by atoms with Crippen LogP contribution in [0.25, 0.3) is 0 Å². The smallest absolute Gasteiger partial charge is 0.342 e. The minimum atomic E-state index is -1.25. The van der Waals surface area contributed by atoms with Gasteiger partial charge in [0.2, 0.25) is 0 Å². The van der Waals surface area contributed by atoms with Crippen molar-refractivity contribution in [1.82, 2.24) is 9.55 Å². The second-order valence-corrected chi connectivity index (χ2v) is 2.39. The van der Waals surface area contributed by atoms with Gasteiger partial charge in [-0.1, -0.05) is 0 Å². The summed E-state index contributed by atoms with van der Waals surface area (Å²) in [7, 11) is 1.48. The molecule has 0 aliphatic heterocycles. The number of carbonyl (C=O) groups is 1. The van der Waals surface area contributed by atoms with Crippen LogP contribution in [0.15, 0.2) is 11.0 Å². The largest absolute Gasteiger partial charge is 0.477 e. The minimum Gasteiger partial charge on any atom is -0.477 e. The topological polar surface area (TPSA) is 72.2 Å². The maximum atomic E-state index is 11.2. The molecule has 1 rings (SSSR count). The van der Waals surface area contributed by atoms with Crippen LogP contribution in [0.1, 0.15) is 16.2 Å². The first-order valence-corrected chi connectivity index (χ1v) is 3.30. The fourth-order valence-corrected chi connectivity index (χ4v) is 0.774. The van der Waals surface area contributed by atoms with E-state index in [1.807, 2.05) is 0 Å². The molecule has 1 aromatic heterocycles. The Kier molecular flexibility index (Phi) is 1.95. The van der Waals surface area contributed by atoms with Gasteiger partial charge in [0.15, 0.2) is 0 Å². The summed E-state index contributed by atoms with van der Waals surface area (Å²) in [6.07, 6.45) is 1.07. The number of carboxylic acids is 1. The van der Waals surface area contributed by atoms with E-state index < -0.39 is 11.5 Å². The van der Waals surface area contributed by atoms with Crippen molar-refractivity contribution < 1.29 is 9.90 Å². The molecular weight excluding hydrogens is 160 g/mol. The van der Waals surface area contributed by atoms with Gasteiger partial charge in [0, 0.05) is 13.2 Å². The molecule has 0 fully saturated rings. The third-order valence-electron chi connectivity index (χ3n) is 1.63. The standard InChI is InChI=1S/C7H8N2O3/c1-4-8-3-5(7(11)12)6(10)9(4)2/h3H,1-2H3,(H,11,12). The summed E-state index contributed by atoms with van der Waals surface area (Å²) in [6.45, 7) is 1.63. The van der Waals surface area contributed by atoms with Crippen molar-refractivity contribution in [2.24, 2.45) is 7.05 Å². The van der Waals surface area contributed by atoms with Gasteiger partial charge in [0.1, 0.15) is 11.4 Å². The highest BCUT2D eigenvalue weighted by atomic mass is 16.4. The van der Waals surface area contributed by atoms with Crippen LogP contribution in [0.2, 0.25) is 0 Å². The van der Waals surface area contributed by atoms with E-state index in [1.165, 1.54) is 11.6 Å². The molecule has 5 heteroatoms. The molecule has 0 saturated carbocycles. The zero-order valence-electron chi connectivity index (χ0n) is 6.74. The normalized spacial score (nSPS) is 9.83. The molecule has 0 atom stereocenters. The summed E-state index contributed by atoms with van der Waals surface area (Å²) in [5.74, 6) is -0.756. The highest BCUT2D eigenvalue weighted by molar-refractivity contribution is 5.86. The molecule has 64 valence electrons. The maximum Gasteiger partial charge on any atom is 0.342 e. The second kappa shape index (κ2) is 2.77. The van der Waals surface area contributed by atoms with Gasteiger partial charge in [-0.15, -0.1) is 0 Å². The molecular formula is C7H8N2O3. The molecule has 0 bridgehead atoms. The van der Waals surface area contributed by atoms with Crippen molar-refractivity contribution in [3.8, 4) is 0 Å². The van der Waals surface area contributed by atoms with E-state index in [4.69, 9.17) is 5.11 Å². The highest BCUT2D eigenvalue weighted by Crippen LogP contribution is 1.90. The van der Waals surface area contributed by atoms with Crippen molar-refractivity contribution in [2.45, 2.75) is 6.92 Å². The SMILES string of the molecule is Cc1ncc(C(=O)O)c(=O)n1C. The van der Waals surface area contributed by atoms with Gasteiger partial charge in [-0.3, -0.25) is 9.36 Å². The molecule has 0 saturated heterocycles. The van der Waals surface area contributed by atoms with Gasteiger partial charge < -0.3 is 5.11 Å². The first-order valence-electron chi connectivity index (χ1n) is 3.30. The van der Waals surface area contributed by atoms with Crippen molar-refractivity contribution in [3.05, 3.63) is 27.9 Å². The molecule has 0 aromatic carbocycles. The molecule has 1 aromatic rings. The Morgan fingerprint density at radius 1 is 1.67 bits per heavy atom. The Bertz CT molecular complexity index is 381. The van der Waals surface area contributed by atoms with Gasteiger partial charge in [-0.05, 0) is 6.92 Å². The molecule has 0 unspecified atom stereocenters. The Morgan fingerprint density at radius 2 is 2.25 bits per heavy atom. The third-order valence-corrected chi connectivity index (χ3v) is 1.63. The van der Waals surface area contributed by atoms with Crippen molar-refractivity contribution in [3.63, 3.8) is 0 Å². The quantitative estimate of drug-likeness (QED) is 0.629. The van der Waals surface area contributed by atoms with E-state index in [0.29, 0.717) is 5.82 Å². The molecule has 0 aliphatic rings. The van der Waals surface area contributed by atoms with E-state index in [9.17, 15) is 9.59 Å². The lowest BCUT2D eigenvalue weighted by molar-refractivity contribution is 0.0693. The van der Waals surface area contributed by atoms with Crippen LogP contribution >= 0.6 is 0 Å². The lowest BCUT2D eigenvalue weighted by atomic mass is 10.3. The predicted molar refractivity (Wildman–Crippen MR) is 41.2 cm³/mol. The Morgan fingerprint density at radius 3 is 2.75 bits per heavy atom. The summed E-state index contributed by atoms with van der Waals surface area (Å²) in [5.41, 5.74) is -0.835. The van der Waals surface area contributed by atoms with E-state index in [0.717, 1.165) is 6.20 Å². The molecule has 1 N–H and O–H groups in total. The van der Waals surface area contributed by atoms with E-state index in [1.54, 1.807) is 6.92 Å². The monoisotopic (exact) mass is 168 g/mol. The number of nitrogens with zero attached hydrogens (tertiary/aromatic N) is 2. The van der Waals surface area contributed by atoms with Crippen LogP contribution in [0.5, 0.6) is 0 Å². The summed E-state index contributed by atoms with van der Waals surface area (Å²) in [6, 6.07) is 0. The van der Waals surface area contributed by atoms with Gasteiger partial charge >= 0.3 is 5.97 Å². The number of aromatic carboxylic acids is 1. The van der Waals surface area contributed by atoms with Gasteiger partial charge in [-0.2, -0.15) is 0 Å². The zero-order valence-corrected chi connectivity index (χ0v) is 6.74. The van der Waals surface area contributed by atoms with Gasteiger partial charge in [-0.25, -0.2) is 9.78 Å². The molecule has 0 amide bonds. The molecule has 12 heavy (non-hydrogen) atoms. The van der Waals surface area contributed by atoms with Crippen LogP contribution < -0.4 is 5.56 Å². The number of carboxylic acid groups (broad SMARTS) is 1. The van der Waals surface area contributed by atoms with Crippen LogP contribution in [0, 0.1) is 6.92 Å². The first-order chi connectivity index (χ1) is 5.54. The fourth-order valence-electron chi connectivity index (χ4n) is 0.774. The van der Waals surface area contributed by atoms with Crippen LogP contribution in [0.4, 0.5) is 0 Å². The van der Waals surface area contributed by atoms with Crippen molar-refractivity contribution in [1.29, 1.82) is 0 Å². The number of aromatic nitrogens is 2. The molecule has 0 aliphatic carbocycles. The average Bonchev–Trinajstić information content (AvgIpc) is 2.00. The number of rotatable bonds is 1. The Labute approximate surface area is 68.3 Å². The van der Waals surface area contributed by atoms with Crippen molar-refractivity contribution >= 4 is 5.97 Å². The first kappa shape index (κ1) is 8.45. The predicted octanol–water partition coefficient (Wildman–Crippen LogP) is -0.213. The lowest BCUT2D eigenvalue weighted by Crippen LogP contribution is -2.26. The number of aryl methyl sites for hydroxylation is 1. The van der Waals surface area contributed by atoms with E-state index in [-0.39, 0.29) is 5.56 Å². The van der Waals surface area contributed by atoms with Gasteiger partial charge in [0.25, 0.3) is 5.56 Å². The minimum absolute atomic E-state index is 0.303. The number of hydrogen-bond donors (Lipinski definition) is 1. The van der Waals surface area contributed by atoms with Crippen LogP contribution in [-0.4, -0.2) is 20.6 Å². The summed E-state index contributed by atoms with van der Waals surface area (Å²) < 4.78 is 1.20. The lowest BCUT2D eigenvalue weighted by Gasteiger charge is -2.01. The Hall–Kier alpha value is -1.65. The second-order valence-electron chi connectivity index (χ2n) is 2.39.